The van der Waals surface area contributed by atoms with Gasteiger partial charge in [0.25, 0.3) is 5.91 Å². The number of aliphatic hydroxyl groups excluding tert-OH is 1. The lowest BCUT2D eigenvalue weighted by Crippen LogP contribution is -2.40. The lowest BCUT2D eigenvalue weighted by Gasteiger charge is -2.22. The molecule has 1 heterocycles. The predicted octanol–water partition coefficient (Wildman–Crippen LogP) is 2.60. The van der Waals surface area contributed by atoms with Crippen LogP contribution >= 0.6 is 0 Å². The number of nitrogens with one attached hydrogen (secondary N) is 2. The topological polar surface area (TPSA) is 141 Å². The first-order valence-corrected chi connectivity index (χ1v) is 11.8. The highest BCUT2D eigenvalue weighted by molar-refractivity contribution is 5.99. The summed E-state index contributed by atoms with van der Waals surface area (Å²) in [6.07, 6.45) is 3.68. The molecule has 8 nitrogen and oxygen atoms in total. The summed E-state index contributed by atoms with van der Waals surface area (Å²) in [5.74, 6) is 6.25. The van der Waals surface area contributed by atoms with Crippen LogP contribution < -0.4 is 16.8 Å². The number of amides is 1. The van der Waals surface area contributed by atoms with E-state index in [0.29, 0.717) is 34.8 Å². The fourth-order valence-corrected chi connectivity index (χ4v) is 3.82. The summed E-state index contributed by atoms with van der Waals surface area (Å²) in [4.78, 5) is 18.8. The van der Waals surface area contributed by atoms with Crippen molar-refractivity contribution >= 4 is 34.4 Å². The number of nitrogen functional groups attached to an aromatic ring is 1. The second-order valence-corrected chi connectivity index (χ2v) is 8.25. The van der Waals surface area contributed by atoms with Gasteiger partial charge >= 0.3 is 0 Å². The average molecular weight is 485 g/mol. The first-order valence-electron chi connectivity index (χ1n) is 11.8. The molecule has 0 saturated heterocycles. The minimum atomic E-state index is -0.629. The summed E-state index contributed by atoms with van der Waals surface area (Å²) >= 11 is 0. The van der Waals surface area contributed by atoms with Crippen LogP contribution in [0.15, 0.2) is 54.7 Å². The first-order chi connectivity index (χ1) is 17.4. The van der Waals surface area contributed by atoms with E-state index in [1.54, 1.807) is 30.5 Å². The highest BCUT2D eigenvalue weighted by Crippen LogP contribution is 2.27. The van der Waals surface area contributed by atoms with Gasteiger partial charge in [-0.1, -0.05) is 43.9 Å². The molecule has 36 heavy (non-hydrogen) atoms. The van der Waals surface area contributed by atoms with E-state index >= 15 is 0 Å². The van der Waals surface area contributed by atoms with Gasteiger partial charge < -0.3 is 32.2 Å². The number of nitrogens with zero attached hydrogens (tertiary/aromatic N) is 2. The molecule has 0 aliphatic rings. The predicted molar refractivity (Wildman–Crippen MR) is 146 cm³/mol. The Morgan fingerprint density at radius 2 is 1.89 bits per heavy atom. The SMILES string of the molecule is CCN(CC)CC(O)CNC(=O)c1ccc(C#Cc2c(N)ncc3c(/C(N)=C/C=N)cccc23)cc1. The Balaban J connectivity index is 1.76. The van der Waals surface area contributed by atoms with E-state index in [1.807, 2.05) is 32.0 Å². The van der Waals surface area contributed by atoms with Crippen LogP contribution in [0.2, 0.25) is 0 Å². The van der Waals surface area contributed by atoms with Crippen LogP contribution in [0, 0.1) is 17.3 Å². The minimum absolute atomic E-state index is 0.186. The van der Waals surface area contributed by atoms with Gasteiger partial charge in [-0.25, -0.2) is 4.98 Å². The molecule has 0 bridgehead atoms. The number of anilines is 1. The van der Waals surface area contributed by atoms with Crippen molar-refractivity contribution < 1.29 is 9.90 Å². The number of rotatable bonds is 9. The molecule has 0 spiro atoms. The van der Waals surface area contributed by atoms with E-state index in [-0.39, 0.29) is 12.5 Å². The Morgan fingerprint density at radius 1 is 1.17 bits per heavy atom. The lowest BCUT2D eigenvalue weighted by molar-refractivity contribution is 0.0869. The van der Waals surface area contributed by atoms with Crippen LogP contribution in [0.1, 0.15) is 40.9 Å². The van der Waals surface area contributed by atoms with E-state index in [2.05, 4.69) is 27.0 Å². The van der Waals surface area contributed by atoms with Gasteiger partial charge in [0.2, 0.25) is 0 Å². The molecule has 0 fully saturated rings. The number of aromatic nitrogens is 1. The van der Waals surface area contributed by atoms with Gasteiger partial charge in [-0.15, -0.1) is 0 Å². The van der Waals surface area contributed by atoms with E-state index in [9.17, 15) is 9.90 Å². The summed E-state index contributed by atoms with van der Waals surface area (Å²) < 4.78 is 0. The molecule has 0 radical (unpaired) electrons. The normalized spacial score (nSPS) is 12.2. The number of aliphatic hydroxyl groups is 1. The third kappa shape index (κ3) is 6.48. The van der Waals surface area contributed by atoms with Crippen LogP contribution in [0.4, 0.5) is 5.82 Å². The molecule has 1 unspecified atom stereocenters. The summed E-state index contributed by atoms with van der Waals surface area (Å²) in [6.45, 7) is 6.47. The van der Waals surface area contributed by atoms with Crippen molar-refractivity contribution in [1.82, 2.24) is 15.2 Å². The number of carbonyl (C=O) groups is 1. The highest BCUT2D eigenvalue weighted by atomic mass is 16.3. The van der Waals surface area contributed by atoms with E-state index < -0.39 is 6.10 Å². The van der Waals surface area contributed by atoms with E-state index in [0.717, 1.165) is 35.6 Å². The zero-order valence-electron chi connectivity index (χ0n) is 20.6. The van der Waals surface area contributed by atoms with Gasteiger partial charge in [-0.3, -0.25) is 4.79 Å². The maximum absolute atomic E-state index is 12.5. The lowest BCUT2D eigenvalue weighted by atomic mass is 10.00. The van der Waals surface area contributed by atoms with Crippen LogP contribution in [0.25, 0.3) is 16.5 Å². The molecule has 3 rings (SSSR count). The second-order valence-electron chi connectivity index (χ2n) is 8.25. The van der Waals surface area contributed by atoms with Crippen molar-refractivity contribution in [3.8, 4) is 11.8 Å². The standard InChI is InChI=1S/C28H32N6O2/c1-3-34(4-2)18-21(35)16-33-28(36)20-11-8-19(9-12-20)10-13-24-22-6-5-7-23(26(30)14-15-29)25(22)17-32-27(24)31/h5-9,11-12,14-15,17,21,29,35H,3-4,16,18,30H2,1-2H3,(H2,31,32)(H,33,36)/b26-14-,29-15?. The maximum atomic E-state index is 12.5. The molecule has 1 atom stereocenters. The molecule has 186 valence electrons. The molecule has 3 aromatic rings. The van der Waals surface area contributed by atoms with Gasteiger partial charge in [0.1, 0.15) is 5.82 Å². The minimum Gasteiger partial charge on any atom is -0.398 e. The fourth-order valence-electron chi connectivity index (χ4n) is 3.82. The number of pyridine rings is 1. The van der Waals surface area contributed by atoms with Gasteiger partial charge in [0, 0.05) is 58.7 Å². The molecule has 1 amide bonds. The second kappa shape index (κ2) is 12.5. The number of fused-ring (bicyclic) bond motifs is 1. The molecular weight excluding hydrogens is 452 g/mol. The van der Waals surface area contributed by atoms with Crippen molar-refractivity contribution in [2.75, 3.05) is 31.9 Å². The molecule has 0 aliphatic carbocycles. The smallest absolute Gasteiger partial charge is 0.251 e. The number of nitrogens with two attached hydrogens (primary N) is 2. The van der Waals surface area contributed by atoms with Crippen LogP contribution in [0.5, 0.6) is 0 Å². The fraction of sp³-hybridized carbons (Fsp3) is 0.250. The van der Waals surface area contributed by atoms with Gasteiger partial charge in [-0.2, -0.15) is 0 Å². The zero-order valence-corrected chi connectivity index (χ0v) is 20.6. The average Bonchev–Trinajstić information content (AvgIpc) is 2.89. The van der Waals surface area contributed by atoms with Gasteiger partial charge in [-0.05, 0) is 43.4 Å². The van der Waals surface area contributed by atoms with Crippen molar-refractivity contribution in [1.29, 1.82) is 5.41 Å². The Morgan fingerprint density at radius 3 is 2.56 bits per heavy atom. The summed E-state index contributed by atoms with van der Waals surface area (Å²) in [5, 5.41) is 21.8. The number of likely N-dealkylation sites (N-methyl/N-ethyl adjacent to an activating group) is 1. The Hall–Kier alpha value is -4.19. The number of carbonyl (C=O) groups excluding carboxylic acids is 1. The molecule has 1 aromatic heterocycles. The van der Waals surface area contributed by atoms with Crippen LogP contribution in [0.3, 0.4) is 0 Å². The van der Waals surface area contributed by atoms with Crippen LogP contribution in [-0.4, -0.2) is 59.4 Å². The maximum Gasteiger partial charge on any atom is 0.251 e. The highest BCUT2D eigenvalue weighted by Gasteiger charge is 2.12. The summed E-state index contributed by atoms with van der Waals surface area (Å²) in [7, 11) is 0. The van der Waals surface area contributed by atoms with E-state index in [4.69, 9.17) is 16.9 Å². The van der Waals surface area contributed by atoms with Gasteiger partial charge in [0.05, 0.1) is 11.7 Å². The van der Waals surface area contributed by atoms with Crippen molar-refractivity contribution in [3.05, 3.63) is 77.0 Å². The summed E-state index contributed by atoms with van der Waals surface area (Å²) in [6, 6.07) is 12.5. The van der Waals surface area contributed by atoms with Gasteiger partial charge in [0.15, 0.2) is 0 Å². The molecule has 8 heteroatoms. The van der Waals surface area contributed by atoms with Crippen molar-refractivity contribution in [2.24, 2.45) is 5.73 Å². The number of hydrogen-bond donors (Lipinski definition) is 5. The zero-order chi connectivity index (χ0) is 26.1. The number of hydrogen-bond acceptors (Lipinski definition) is 7. The van der Waals surface area contributed by atoms with Crippen molar-refractivity contribution in [2.45, 2.75) is 20.0 Å². The number of benzene rings is 2. The Kier molecular flexibility index (Phi) is 9.17. The Labute approximate surface area is 211 Å². The Bertz CT molecular complexity index is 1320. The van der Waals surface area contributed by atoms with Crippen molar-refractivity contribution in [3.63, 3.8) is 0 Å². The largest absolute Gasteiger partial charge is 0.398 e. The molecular formula is C28H32N6O2. The van der Waals surface area contributed by atoms with E-state index in [1.165, 1.54) is 6.08 Å². The first kappa shape index (κ1) is 26.4. The molecule has 0 aliphatic heterocycles. The molecule has 0 saturated carbocycles. The molecule has 7 N–H and O–H groups in total. The third-order valence-electron chi connectivity index (χ3n) is 5.88. The quantitative estimate of drug-likeness (QED) is 0.233. The summed E-state index contributed by atoms with van der Waals surface area (Å²) in [5.41, 5.74) is 15.2. The third-order valence-corrected chi connectivity index (χ3v) is 5.88. The van der Waals surface area contributed by atoms with Crippen LogP contribution in [-0.2, 0) is 0 Å². The molecule has 2 aromatic carbocycles. The number of allylic oxidation sites excluding steroid dienone is 1. The monoisotopic (exact) mass is 484 g/mol.